The van der Waals surface area contributed by atoms with Crippen LogP contribution in [0.4, 0.5) is 11.4 Å². The van der Waals surface area contributed by atoms with Gasteiger partial charge >= 0.3 is 0 Å². The molecule has 2 atom stereocenters. The van der Waals surface area contributed by atoms with Gasteiger partial charge in [-0.05, 0) is 51.0 Å². The van der Waals surface area contributed by atoms with Crippen LogP contribution in [0.5, 0.6) is 0 Å². The molecule has 0 spiro atoms. The lowest BCUT2D eigenvalue weighted by molar-refractivity contribution is 0.576. The fraction of sp³-hybridized carbons (Fsp3) is 0.600. The van der Waals surface area contributed by atoms with Crippen molar-refractivity contribution in [2.75, 3.05) is 10.6 Å². The highest BCUT2D eigenvalue weighted by atomic mass is 32.2. The first-order chi connectivity index (χ1) is 16.1. The first-order valence-electron chi connectivity index (χ1n) is 13.5. The molecule has 0 aliphatic heterocycles. The molecule has 3 heteroatoms. The van der Waals surface area contributed by atoms with E-state index in [0.717, 1.165) is 0 Å². The minimum absolute atomic E-state index is 0.467. The number of nitrogens with one attached hydrogen (secondary N) is 2. The minimum Gasteiger partial charge on any atom is -0.381 e. The fourth-order valence-corrected chi connectivity index (χ4v) is 5.23. The van der Waals surface area contributed by atoms with Crippen molar-refractivity contribution in [3.05, 3.63) is 48.5 Å². The van der Waals surface area contributed by atoms with Crippen LogP contribution in [0.15, 0.2) is 58.3 Å². The maximum absolute atomic E-state index is 3.90. The van der Waals surface area contributed by atoms with Gasteiger partial charge in [0.05, 0.1) is 11.4 Å². The Morgan fingerprint density at radius 1 is 0.636 bits per heavy atom. The van der Waals surface area contributed by atoms with Crippen molar-refractivity contribution >= 4 is 23.1 Å². The van der Waals surface area contributed by atoms with Gasteiger partial charge in [-0.1, -0.05) is 114 Å². The minimum atomic E-state index is 0.467. The molecule has 2 aromatic rings. The Hall–Kier alpha value is -1.61. The Morgan fingerprint density at radius 2 is 1.21 bits per heavy atom. The summed E-state index contributed by atoms with van der Waals surface area (Å²) in [5.41, 5.74) is 2.51. The molecular weight excluding hydrogens is 420 g/mol. The van der Waals surface area contributed by atoms with Gasteiger partial charge in [-0.15, -0.1) is 0 Å². The van der Waals surface area contributed by atoms with Crippen molar-refractivity contribution in [1.82, 2.24) is 0 Å². The summed E-state index contributed by atoms with van der Waals surface area (Å²) in [6.07, 6.45) is 15.9. The number of hydrogen-bond donors (Lipinski definition) is 2. The van der Waals surface area contributed by atoms with Crippen LogP contribution in [0.3, 0.4) is 0 Å². The molecule has 2 nitrogen and oxygen atoms in total. The third-order valence-electron chi connectivity index (χ3n) is 6.27. The van der Waals surface area contributed by atoms with Crippen LogP contribution in [0.1, 0.15) is 105 Å². The molecule has 2 unspecified atom stereocenters. The van der Waals surface area contributed by atoms with Crippen molar-refractivity contribution in [2.45, 2.75) is 127 Å². The zero-order chi connectivity index (χ0) is 23.7. The van der Waals surface area contributed by atoms with Gasteiger partial charge in [0, 0.05) is 21.9 Å². The van der Waals surface area contributed by atoms with Crippen molar-refractivity contribution in [2.24, 2.45) is 0 Å². The van der Waals surface area contributed by atoms with Gasteiger partial charge in [0.1, 0.15) is 0 Å². The standard InChI is InChI=1S/C30H48N2S/c1-5-7-9-11-14-19-25(3)31-28-23-18-24-29(33-27-21-16-13-17-22-27)30(28)32-26(4)20-15-12-10-8-6-2/h13,16-18,21-26,31-32H,5-12,14-15,19-20H2,1-4H3. The summed E-state index contributed by atoms with van der Waals surface area (Å²) in [5, 5.41) is 7.74. The normalized spacial score (nSPS) is 13.0. The third-order valence-corrected chi connectivity index (χ3v) is 7.34. The Kier molecular flexibility index (Phi) is 14.2. The molecule has 2 aromatic carbocycles. The molecule has 2 rings (SSSR count). The number of anilines is 2. The summed E-state index contributed by atoms with van der Waals surface area (Å²) in [6, 6.07) is 18.4. The molecule has 0 heterocycles. The predicted octanol–water partition coefficient (Wildman–Crippen LogP) is 10.2. The highest BCUT2D eigenvalue weighted by Gasteiger charge is 2.14. The molecule has 0 radical (unpaired) electrons. The van der Waals surface area contributed by atoms with Crippen molar-refractivity contribution in [3.8, 4) is 0 Å². The van der Waals surface area contributed by atoms with Gasteiger partial charge in [-0.25, -0.2) is 0 Å². The molecule has 0 amide bonds. The van der Waals surface area contributed by atoms with Gasteiger partial charge in [0.15, 0.2) is 0 Å². The van der Waals surface area contributed by atoms with E-state index >= 15 is 0 Å². The van der Waals surface area contributed by atoms with E-state index in [4.69, 9.17) is 0 Å². The Labute approximate surface area is 208 Å². The highest BCUT2D eigenvalue weighted by Crippen LogP contribution is 2.39. The van der Waals surface area contributed by atoms with E-state index in [2.05, 4.69) is 86.9 Å². The molecule has 184 valence electrons. The van der Waals surface area contributed by atoms with Crippen LogP contribution in [0, 0.1) is 0 Å². The molecular formula is C30H48N2S. The molecule has 33 heavy (non-hydrogen) atoms. The SMILES string of the molecule is CCCCCCCC(C)Nc1cccc(Sc2ccccc2)c1NC(C)CCCCCCC. The number of unbranched alkanes of at least 4 members (excludes halogenated alkanes) is 8. The molecule has 0 aromatic heterocycles. The Bertz CT molecular complexity index is 746. The van der Waals surface area contributed by atoms with Gasteiger partial charge in [-0.3, -0.25) is 0 Å². The molecule has 0 saturated carbocycles. The van der Waals surface area contributed by atoms with Crippen molar-refractivity contribution < 1.29 is 0 Å². The number of rotatable bonds is 18. The van der Waals surface area contributed by atoms with Crippen molar-refractivity contribution in [3.63, 3.8) is 0 Å². The Balaban J connectivity index is 2.05. The molecule has 0 bridgehead atoms. The van der Waals surface area contributed by atoms with E-state index in [-0.39, 0.29) is 0 Å². The van der Waals surface area contributed by atoms with Gasteiger partial charge in [0.25, 0.3) is 0 Å². The second-order valence-corrected chi connectivity index (χ2v) is 10.7. The van der Waals surface area contributed by atoms with Gasteiger partial charge in [0.2, 0.25) is 0 Å². The number of hydrogen-bond acceptors (Lipinski definition) is 3. The quantitative estimate of drug-likeness (QED) is 0.213. The lowest BCUT2D eigenvalue weighted by atomic mass is 10.1. The fourth-order valence-electron chi connectivity index (χ4n) is 4.27. The van der Waals surface area contributed by atoms with Crippen LogP contribution in [0.25, 0.3) is 0 Å². The van der Waals surface area contributed by atoms with E-state index in [1.807, 2.05) is 11.8 Å². The zero-order valence-electron chi connectivity index (χ0n) is 21.7. The second kappa shape index (κ2) is 16.9. The molecule has 2 N–H and O–H groups in total. The van der Waals surface area contributed by atoms with Crippen LogP contribution >= 0.6 is 11.8 Å². The molecule has 0 aliphatic rings. The largest absolute Gasteiger partial charge is 0.381 e. The van der Waals surface area contributed by atoms with E-state index in [1.165, 1.54) is 98.2 Å². The van der Waals surface area contributed by atoms with Crippen LogP contribution in [-0.2, 0) is 0 Å². The highest BCUT2D eigenvalue weighted by molar-refractivity contribution is 7.99. The van der Waals surface area contributed by atoms with Crippen LogP contribution < -0.4 is 10.6 Å². The van der Waals surface area contributed by atoms with Gasteiger partial charge < -0.3 is 10.6 Å². The average Bonchev–Trinajstić information content (AvgIpc) is 2.81. The van der Waals surface area contributed by atoms with E-state index in [9.17, 15) is 0 Å². The second-order valence-electron chi connectivity index (χ2n) is 9.59. The molecule has 0 saturated heterocycles. The maximum atomic E-state index is 3.90. The number of para-hydroxylation sites is 1. The number of benzene rings is 2. The summed E-state index contributed by atoms with van der Waals surface area (Å²) in [4.78, 5) is 2.59. The summed E-state index contributed by atoms with van der Waals surface area (Å²) in [7, 11) is 0. The first-order valence-corrected chi connectivity index (χ1v) is 14.3. The lowest BCUT2D eigenvalue weighted by Crippen LogP contribution is -2.20. The zero-order valence-corrected chi connectivity index (χ0v) is 22.5. The molecule has 0 aliphatic carbocycles. The van der Waals surface area contributed by atoms with Crippen LogP contribution in [-0.4, -0.2) is 12.1 Å². The van der Waals surface area contributed by atoms with E-state index in [1.54, 1.807) is 0 Å². The van der Waals surface area contributed by atoms with E-state index < -0.39 is 0 Å². The summed E-state index contributed by atoms with van der Waals surface area (Å²) < 4.78 is 0. The topological polar surface area (TPSA) is 24.1 Å². The molecule has 0 fully saturated rings. The smallest absolute Gasteiger partial charge is 0.0719 e. The summed E-state index contributed by atoms with van der Waals surface area (Å²) in [5.74, 6) is 0. The third kappa shape index (κ3) is 11.4. The lowest BCUT2D eigenvalue weighted by Gasteiger charge is -2.24. The Morgan fingerprint density at radius 3 is 1.82 bits per heavy atom. The average molecular weight is 469 g/mol. The monoisotopic (exact) mass is 468 g/mol. The first kappa shape index (κ1) is 27.6. The van der Waals surface area contributed by atoms with Crippen molar-refractivity contribution in [1.29, 1.82) is 0 Å². The van der Waals surface area contributed by atoms with E-state index in [0.29, 0.717) is 12.1 Å². The summed E-state index contributed by atoms with van der Waals surface area (Å²) >= 11 is 1.86. The van der Waals surface area contributed by atoms with Crippen LogP contribution in [0.2, 0.25) is 0 Å². The summed E-state index contributed by atoms with van der Waals surface area (Å²) in [6.45, 7) is 9.24. The van der Waals surface area contributed by atoms with Gasteiger partial charge in [-0.2, -0.15) is 0 Å². The maximum Gasteiger partial charge on any atom is 0.0719 e. The predicted molar refractivity (Wildman–Crippen MR) is 150 cm³/mol.